The van der Waals surface area contributed by atoms with Crippen molar-refractivity contribution >= 4 is 11.6 Å². The number of ether oxygens (including phenoxy) is 1. The molecule has 0 saturated carbocycles. The van der Waals surface area contributed by atoms with Crippen LogP contribution in [0.2, 0.25) is 0 Å². The fraction of sp³-hybridized carbons (Fsp3) is 0.353. The van der Waals surface area contributed by atoms with Gasteiger partial charge in [0.15, 0.2) is 0 Å². The molecular weight excluding hydrogens is 363 g/mol. The minimum absolute atomic E-state index is 0.334. The number of halogens is 3. The van der Waals surface area contributed by atoms with Crippen LogP contribution in [-0.2, 0) is 0 Å². The van der Waals surface area contributed by atoms with E-state index < -0.39 is 18.0 Å². The zero-order valence-corrected chi connectivity index (χ0v) is 14.8. The standard InChI is InChI=1S/C17H18F3N5O2/c1-10-8-13(25-15(23-10)21-9-22-25)24-14(16(2,3)26)11-4-6-12(7-5-11)27-17(18,19)20/h4-9,14,24,26H,1-3H3/t14-/m0/s1. The summed E-state index contributed by atoms with van der Waals surface area (Å²) in [6, 6.07) is 6.42. The van der Waals surface area contributed by atoms with Crippen LogP contribution in [0.1, 0.15) is 31.1 Å². The topological polar surface area (TPSA) is 84.6 Å². The highest BCUT2D eigenvalue weighted by molar-refractivity contribution is 5.47. The van der Waals surface area contributed by atoms with Gasteiger partial charge in [-0.3, -0.25) is 0 Å². The lowest BCUT2D eigenvalue weighted by molar-refractivity contribution is -0.274. The summed E-state index contributed by atoms with van der Waals surface area (Å²) in [6.45, 7) is 4.98. The van der Waals surface area contributed by atoms with Gasteiger partial charge >= 0.3 is 6.36 Å². The predicted molar refractivity (Wildman–Crippen MR) is 91.3 cm³/mol. The minimum Gasteiger partial charge on any atom is -0.406 e. The molecule has 0 spiro atoms. The number of nitrogens with one attached hydrogen (secondary N) is 1. The van der Waals surface area contributed by atoms with Crippen molar-refractivity contribution in [2.45, 2.75) is 38.8 Å². The number of alkyl halides is 3. The van der Waals surface area contributed by atoms with E-state index in [1.165, 1.54) is 35.1 Å². The summed E-state index contributed by atoms with van der Waals surface area (Å²) in [6.07, 6.45) is -3.40. The minimum atomic E-state index is -4.76. The lowest BCUT2D eigenvalue weighted by atomic mass is 9.92. The second kappa shape index (κ2) is 6.69. The van der Waals surface area contributed by atoms with Crippen LogP contribution in [0.3, 0.4) is 0 Å². The Labute approximate surface area is 152 Å². The first kappa shape index (κ1) is 18.9. The van der Waals surface area contributed by atoms with Gasteiger partial charge in [-0.25, -0.2) is 4.98 Å². The molecule has 27 heavy (non-hydrogen) atoms. The molecule has 3 aromatic rings. The molecule has 0 amide bonds. The molecule has 0 radical (unpaired) electrons. The maximum atomic E-state index is 12.3. The maximum Gasteiger partial charge on any atom is 0.573 e. The SMILES string of the molecule is Cc1cc(N[C@@H](c2ccc(OC(F)(F)F)cc2)C(C)(C)O)n2ncnc2n1. The molecule has 0 bridgehead atoms. The molecule has 0 aliphatic rings. The molecule has 0 unspecified atom stereocenters. The molecule has 0 aliphatic heterocycles. The summed E-state index contributed by atoms with van der Waals surface area (Å²) in [5.41, 5.74) is 0.0254. The molecule has 7 nitrogen and oxygen atoms in total. The second-order valence-electron chi connectivity index (χ2n) is 6.60. The van der Waals surface area contributed by atoms with Crippen LogP contribution in [0.25, 0.3) is 5.78 Å². The quantitative estimate of drug-likeness (QED) is 0.706. The van der Waals surface area contributed by atoms with E-state index in [2.05, 4.69) is 25.1 Å². The van der Waals surface area contributed by atoms with Crippen molar-refractivity contribution in [3.8, 4) is 5.75 Å². The van der Waals surface area contributed by atoms with E-state index in [0.29, 0.717) is 22.9 Å². The predicted octanol–water partition coefficient (Wildman–Crippen LogP) is 3.26. The Morgan fingerprint density at radius 3 is 2.44 bits per heavy atom. The third kappa shape index (κ3) is 4.45. The zero-order valence-electron chi connectivity index (χ0n) is 14.8. The number of aryl methyl sites for hydroxylation is 1. The van der Waals surface area contributed by atoms with E-state index in [9.17, 15) is 18.3 Å². The van der Waals surface area contributed by atoms with Crippen LogP contribution in [0.5, 0.6) is 5.75 Å². The molecule has 0 saturated heterocycles. The first-order valence-corrected chi connectivity index (χ1v) is 8.05. The van der Waals surface area contributed by atoms with Crippen LogP contribution in [0, 0.1) is 6.92 Å². The summed E-state index contributed by atoms with van der Waals surface area (Å²) < 4.78 is 42.4. The van der Waals surface area contributed by atoms with Crippen molar-refractivity contribution in [3.63, 3.8) is 0 Å². The average Bonchev–Trinajstić information content (AvgIpc) is 2.99. The fourth-order valence-electron chi connectivity index (χ4n) is 2.71. The Kier molecular flexibility index (Phi) is 4.68. The molecule has 0 fully saturated rings. The van der Waals surface area contributed by atoms with Gasteiger partial charge < -0.3 is 15.2 Å². The monoisotopic (exact) mass is 381 g/mol. The third-order valence-corrected chi connectivity index (χ3v) is 3.83. The third-order valence-electron chi connectivity index (χ3n) is 3.83. The zero-order chi connectivity index (χ0) is 19.8. The Morgan fingerprint density at radius 2 is 1.85 bits per heavy atom. The number of nitrogens with zero attached hydrogens (tertiary/aromatic N) is 4. The maximum absolute atomic E-state index is 12.3. The van der Waals surface area contributed by atoms with Crippen LogP contribution in [-0.4, -0.2) is 36.7 Å². The average molecular weight is 381 g/mol. The second-order valence-corrected chi connectivity index (χ2v) is 6.60. The van der Waals surface area contributed by atoms with Gasteiger partial charge in [-0.05, 0) is 38.5 Å². The Morgan fingerprint density at radius 1 is 1.19 bits per heavy atom. The highest BCUT2D eigenvalue weighted by Crippen LogP contribution is 2.32. The van der Waals surface area contributed by atoms with Gasteiger partial charge in [0.25, 0.3) is 5.78 Å². The van der Waals surface area contributed by atoms with Crippen LogP contribution in [0.15, 0.2) is 36.7 Å². The summed E-state index contributed by atoms with van der Waals surface area (Å²) in [4.78, 5) is 8.29. The van der Waals surface area contributed by atoms with Gasteiger partial charge in [0.2, 0.25) is 0 Å². The van der Waals surface area contributed by atoms with E-state index in [4.69, 9.17) is 0 Å². The number of anilines is 1. The molecule has 2 aromatic heterocycles. The Hall–Kier alpha value is -2.88. The molecule has 3 rings (SSSR count). The van der Waals surface area contributed by atoms with Crippen LogP contribution in [0.4, 0.5) is 19.0 Å². The first-order valence-electron chi connectivity index (χ1n) is 8.05. The molecule has 1 aromatic carbocycles. The molecule has 0 aliphatic carbocycles. The number of aromatic nitrogens is 4. The number of aliphatic hydroxyl groups is 1. The molecule has 10 heteroatoms. The van der Waals surface area contributed by atoms with Gasteiger partial charge in [-0.15, -0.1) is 13.2 Å². The largest absolute Gasteiger partial charge is 0.573 e. The van der Waals surface area contributed by atoms with E-state index in [1.54, 1.807) is 26.8 Å². The van der Waals surface area contributed by atoms with E-state index in [1.807, 2.05) is 0 Å². The van der Waals surface area contributed by atoms with Crippen molar-refractivity contribution in [3.05, 3.63) is 47.9 Å². The summed E-state index contributed by atoms with van der Waals surface area (Å²) in [7, 11) is 0. The van der Waals surface area contributed by atoms with Crippen molar-refractivity contribution in [2.24, 2.45) is 0 Å². The van der Waals surface area contributed by atoms with E-state index in [-0.39, 0.29) is 5.75 Å². The molecule has 2 N–H and O–H groups in total. The highest BCUT2D eigenvalue weighted by Gasteiger charge is 2.32. The number of hydrogen-bond acceptors (Lipinski definition) is 6. The molecule has 1 atom stereocenters. The van der Waals surface area contributed by atoms with Crippen LogP contribution < -0.4 is 10.1 Å². The number of hydrogen-bond donors (Lipinski definition) is 2. The van der Waals surface area contributed by atoms with Crippen molar-refractivity contribution in [2.75, 3.05) is 5.32 Å². The van der Waals surface area contributed by atoms with Gasteiger partial charge in [0.05, 0.1) is 11.6 Å². The smallest absolute Gasteiger partial charge is 0.406 e. The van der Waals surface area contributed by atoms with E-state index in [0.717, 1.165) is 0 Å². The van der Waals surface area contributed by atoms with Gasteiger partial charge in [-0.2, -0.15) is 14.6 Å². The molecular formula is C17H18F3N5O2. The summed E-state index contributed by atoms with van der Waals surface area (Å²) in [5, 5.41) is 17.9. The lowest BCUT2D eigenvalue weighted by Gasteiger charge is -2.31. The number of rotatable bonds is 5. The van der Waals surface area contributed by atoms with Crippen molar-refractivity contribution in [1.82, 2.24) is 19.6 Å². The Balaban J connectivity index is 1.94. The number of benzene rings is 1. The summed E-state index contributed by atoms with van der Waals surface area (Å²) >= 11 is 0. The fourth-order valence-corrected chi connectivity index (χ4v) is 2.71. The highest BCUT2D eigenvalue weighted by atomic mass is 19.4. The van der Waals surface area contributed by atoms with Crippen molar-refractivity contribution in [1.29, 1.82) is 0 Å². The van der Waals surface area contributed by atoms with Gasteiger partial charge in [-0.1, -0.05) is 12.1 Å². The lowest BCUT2D eigenvalue weighted by Crippen LogP contribution is -2.35. The molecule has 144 valence electrons. The van der Waals surface area contributed by atoms with Gasteiger partial charge in [0.1, 0.15) is 17.9 Å². The van der Waals surface area contributed by atoms with Crippen LogP contribution >= 0.6 is 0 Å². The first-order chi connectivity index (χ1) is 12.5. The van der Waals surface area contributed by atoms with Gasteiger partial charge in [0, 0.05) is 11.8 Å². The number of fused-ring (bicyclic) bond motifs is 1. The summed E-state index contributed by atoms with van der Waals surface area (Å²) in [5.74, 6) is 0.595. The van der Waals surface area contributed by atoms with Crippen molar-refractivity contribution < 1.29 is 23.0 Å². The Bertz CT molecular complexity index is 932. The molecule has 2 heterocycles. The van der Waals surface area contributed by atoms with E-state index >= 15 is 0 Å². The normalized spacial score (nSPS) is 13.6.